The van der Waals surface area contributed by atoms with E-state index in [2.05, 4.69) is 16.8 Å². The largest absolute Gasteiger partial charge is 0.507 e. The number of phenolic OH excluding ortho intramolecular Hbond substituents is 1. The van der Waals surface area contributed by atoms with E-state index in [0.717, 1.165) is 22.3 Å². The summed E-state index contributed by atoms with van der Waals surface area (Å²) in [6.07, 6.45) is 2.25. The molecule has 0 saturated carbocycles. The van der Waals surface area contributed by atoms with E-state index in [0.29, 0.717) is 71.7 Å². The Hall–Kier alpha value is -4.92. The minimum Gasteiger partial charge on any atom is -0.507 e. The van der Waals surface area contributed by atoms with E-state index in [1.54, 1.807) is 20.3 Å². The fourth-order valence-corrected chi connectivity index (χ4v) is 5.64. The van der Waals surface area contributed by atoms with Crippen molar-refractivity contribution in [3.8, 4) is 40.0 Å². The standard InChI is InChI=1S/C34H37N3O6/c1-7-15-43-26-12-10-23(19-28(26)42-8-2)32-29-30(24-17-20(3)16-21(4)33(24)38)35-36-31(29)34(39)37(32)14-13-22-9-11-25(40-5)27(18-22)41-6/h7,9-12,16-19,32,38H,1,8,13-15H2,2-6H3,(H,35,36). The van der Waals surface area contributed by atoms with E-state index < -0.39 is 6.04 Å². The number of carbonyl (C=O) groups is 1. The van der Waals surface area contributed by atoms with E-state index in [-0.39, 0.29) is 11.7 Å². The number of rotatable bonds is 12. The van der Waals surface area contributed by atoms with Crippen LogP contribution in [0.2, 0.25) is 0 Å². The number of aromatic amines is 1. The predicted molar refractivity (Wildman–Crippen MR) is 165 cm³/mol. The number of fused-ring (bicyclic) bond motifs is 1. The number of hydrogen-bond acceptors (Lipinski definition) is 7. The molecule has 224 valence electrons. The molecule has 1 aromatic heterocycles. The summed E-state index contributed by atoms with van der Waals surface area (Å²) in [6, 6.07) is 14.8. The van der Waals surface area contributed by atoms with Crippen LogP contribution in [0.4, 0.5) is 0 Å². The molecule has 0 fully saturated rings. The molecule has 4 aromatic rings. The molecule has 3 aromatic carbocycles. The number of aromatic hydroxyl groups is 1. The van der Waals surface area contributed by atoms with Crippen molar-refractivity contribution in [2.75, 3.05) is 34.0 Å². The smallest absolute Gasteiger partial charge is 0.273 e. The van der Waals surface area contributed by atoms with Gasteiger partial charge in [0.2, 0.25) is 0 Å². The van der Waals surface area contributed by atoms with Gasteiger partial charge in [0.25, 0.3) is 5.91 Å². The molecule has 9 heteroatoms. The molecule has 1 aliphatic heterocycles. The van der Waals surface area contributed by atoms with E-state index in [4.69, 9.17) is 18.9 Å². The first-order valence-corrected chi connectivity index (χ1v) is 14.2. The van der Waals surface area contributed by atoms with Gasteiger partial charge in [-0.25, -0.2) is 0 Å². The molecule has 0 saturated heterocycles. The van der Waals surface area contributed by atoms with Crippen molar-refractivity contribution in [3.63, 3.8) is 0 Å². The van der Waals surface area contributed by atoms with Crippen LogP contribution in [0.1, 0.15) is 51.3 Å². The molecule has 0 bridgehead atoms. The van der Waals surface area contributed by atoms with E-state index in [9.17, 15) is 9.90 Å². The number of nitrogens with zero attached hydrogens (tertiary/aromatic N) is 2. The lowest BCUT2D eigenvalue weighted by Gasteiger charge is -2.27. The molecule has 9 nitrogen and oxygen atoms in total. The van der Waals surface area contributed by atoms with Gasteiger partial charge in [0, 0.05) is 17.7 Å². The Bertz CT molecular complexity index is 1660. The molecule has 1 unspecified atom stereocenters. The molecule has 43 heavy (non-hydrogen) atoms. The fraction of sp³-hybridized carbons (Fsp3) is 0.294. The van der Waals surface area contributed by atoms with E-state index in [1.165, 1.54) is 0 Å². The maximum atomic E-state index is 14.0. The van der Waals surface area contributed by atoms with Crippen LogP contribution in [-0.4, -0.2) is 60.1 Å². The molecule has 0 spiro atoms. The summed E-state index contributed by atoms with van der Waals surface area (Å²) < 4.78 is 22.7. The number of ether oxygens (including phenoxy) is 4. The first kappa shape index (κ1) is 29.6. The summed E-state index contributed by atoms with van der Waals surface area (Å²) in [4.78, 5) is 15.8. The van der Waals surface area contributed by atoms with Gasteiger partial charge in [0.1, 0.15) is 23.7 Å². The third kappa shape index (κ3) is 5.62. The number of carbonyl (C=O) groups excluding carboxylic acids is 1. The topological polar surface area (TPSA) is 106 Å². The van der Waals surface area contributed by atoms with Gasteiger partial charge < -0.3 is 29.0 Å². The molecular formula is C34H37N3O6. The predicted octanol–water partition coefficient (Wildman–Crippen LogP) is 6.17. The normalized spacial score (nSPS) is 14.0. The van der Waals surface area contributed by atoms with Crippen LogP contribution in [0.5, 0.6) is 28.7 Å². The Kier molecular flexibility index (Phi) is 8.61. The average molecular weight is 584 g/mol. The second kappa shape index (κ2) is 12.5. The Balaban J connectivity index is 1.61. The highest BCUT2D eigenvalue weighted by Gasteiger charge is 2.42. The summed E-state index contributed by atoms with van der Waals surface area (Å²) in [5.41, 5.74) is 5.77. The van der Waals surface area contributed by atoms with Gasteiger partial charge >= 0.3 is 0 Å². The zero-order chi connectivity index (χ0) is 30.7. The van der Waals surface area contributed by atoms with Crippen molar-refractivity contribution in [1.82, 2.24) is 15.1 Å². The maximum absolute atomic E-state index is 14.0. The molecular weight excluding hydrogens is 546 g/mol. The quantitative estimate of drug-likeness (QED) is 0.192. The van der Waals surface area contributed by atoms with E-state index in [1.807, 2.05) is 74.2 Å². The summed E-state index contributed by atoms with van der Waals surface area (Å²) in [6.45, 7) is 10.7. The molecule has 1 amide bonds. The number of aromatic nitrogens is 2. The van der Waals surface area contributed by atoms with Crippen molar-refractivity contribution in [2.45, 2.75) is 33.2 Å². The summed E-state index contributed by atoms with van der Waals surface area (Å²) >= 11 is 0. The second-order valence-electron chi connectivity index (χ2n) is 10.4. The molecule has 0 aliphatic carbocycles. The van der Waals surface area contributed by atoms with E-state index >= 15 is 0 Å². The van der Waals surface area contributed by atoms with Crippen LogP contribution in [0, 0.1) is 13.8 Å². The van der Waals surface area contributed by atoms with Crippen LogP contribution in [-0.2, 0) is 6.42 Å². The van der Waals surface area contributed by atoms with Crippen LogP contribution >= 0.6 is 0 Å². The van der Waals surface area contributed by atoms with Crippen molar-refractivity contribution in [1.29, 1.82) is 0 Å². The molecule has 1 atom stereocenters. The van der Waals surface area contributed by atoms with Gasteiger partial charge in [-0.05, 0) is 79.8 Å². The molecule has 2 N–H and O–H groups in total. The van der Waals surface area contributed by atoms with Crippen molar-refractivity contribution < 1.29 is 28.8 Å². The lowest BCUT2D eigenvalue weighted by molar-refractivity contribution is 0.0745. The van der Waals surface area contributed by atoms with Crippen LogP contribution < -0.4 is 18.9 Å². The Morgan fingerprint density at radius 2 is 1.77 bits per heavy atom. The van der Waals surface area contributed by atoms with Crippen molar-refractivity contribution in [2.24, 2.45) is 0 Å². The Labute approximate surface area is 251 Å². The third-order valence-corrected chi connectivity index (χ3v) is 7.59. The number of amides is 1. The number of H-pyrrole nitrogens is 1. The average Bonchev–Trinajstić information content (AvgIpc) is 3.55. The summed E-state index contributed by atoms with van der Waals surface area (Å²) in [5.74, 6) is 2.39. The van der Waals surface area contributed by atoms with Crippen LogP contribution in [0.15, 0.2) is 61.2 Å². The zero-order valence-corrected chi connectivity index (χ0v) is 25.2. The number of hydrogen-bond donors (Lipinski definition) is 2. The zero-order valence-electron chi connectivity index (χ0n) is 25.2. The number of aryl methyl sites for hydroxylation is 2. The highest BCUT2D eigenvalue weighted by molar-refractivity contribution is 6.00. The first-order chi connectivity index (χ1) is 20.8. The molecule has 2 heterocycles. The number of methoxy groups -OCH3 is 2. The van der Waals surface area contributed by atoms with Gasteiger partial charge in [-0.2, -0.15) is 5.10 Å². The number of phenols is 1. The molecule has 5 rings (SSSR count). The monoisotopic (exact) mass is 583 g/mol. The Morgan fingerprint density at radius 1 is 1.00 bits per heavy atom. The van der Waals surface area contributed by atoms with Crippen LogP contribution in [0.3, 0.4) is 0 Å². The number of nitrogens with one attached hydrogen (secondary N) is 1. The van der Waals surface area contributed by atoms with Gasteiger partial charge in [0.05, 0.1) is 26.9 Å². The fourth-order valence-electron chi connectivity index (χ4n) is 5.64. The molecule has 0 radical (unpaired) electrons. The third-order valence-electron chi connectivity index (χ3n) is 7.59. The lowest BCUT2D eigenvalue weighted by Crippen LogP contribution is -2.31. The minimum absolute atomic E-state index is 0.137. The highest BCUT2D eigenvalue weighted by Crippen LogP contribution is 2.46. The van der Waals surface area contributed by atoms with Gasteiger partial charge in [-0.1, -0.05) is 30.9 Å². The number of benzene rings is 3. The van der Waals surface area contributed by atoms with Gasteiger partial charge in [0.15, 0.2) is 23.0 Å². The van der Waals surface area contributed by atoms with Gasteiger partial charge in [-0.3, -0.25) is 9.89 Å². The van der Waals surface area contributed by atoms with Crippen LogP contribution in [0.25, 0.3) is 11.3 Å². The lowest BCUT2D eigenvalue weighted by atomic mass is 9.93. The van der Waals surface area contributed by atoms with Crippen molar-refractivity contribution in [3.05, 3.63) is 94.7 Å². The van der Waals surface area contributed by atoms with Gasteiger partial charge in [-0.15, -0.1) is 0 Å². The second-order valence-corrected chi connectivity index (χ2v) is 10.4. The minimum atomic E-state index is -0.496. The summed E-state index contributed by atoms with van der Waals surface area (Å²) in [7, 11) is 3.20. The summed E-state index contributed by atoms with van der Waals surface area (Å²) in [5, 5.41) is 18.6. The first-order valence-electron chi connectivity index (χ1n) is 14.2. The SMILES string of the molecule is C=CCOc1ccc(C2c3c(-c4cc(C)cc(C)c4O)n[nH]c3C(=O)N2CCc2ccc(OC)c(OC)c2)cc1OCC. The molecule has 1 aliphatic rings. The maximum Gasteiger partial charge on any atom is 0.273 e. The highest BCUT2D eigenvalue weighted by atomic mass is 16.5. The Morgan fingerprint density at radius 3 is 2.49 bits per heavy atom. The van der Waals surface area contributed by atoms with Crippen molar-refractivity contribution >= 4 is 5.91 Å².